The number of ether oxygens (including phenoxy) is 1. The summed E-state index contributed by atoms with van der Waals surface area (Å²) in [5.74, 6) is 1.72. The van der Waals surface area contributed by atoms with Gasteiger partial charge < -0.3 is 10.1 Å². The molecule has 1 N–H and O–H groups in total. The average molecular weight is 235 g/mol. The van der Waals surface area contributed by atoms with E-state index in [4.69, 9.17) is 4.74 Å². The van der Waals surface area contributed by atoms with E-state index in [1.165, 1.54) is 17.5 Å². The minimum absolute atomic E-state index is 0.382. The molecule has 96 valence electrons. The molecule has 2 nitrogen and oxygen atoms in total. The van der Waals surface area contributed by atoms with Gasteiger partial charge in [-0.15, -0.1) is 0 Å². The molecular weight excluding hydrogens is 210 g/mol. The Morgan fingerprint density at radius 1 is 1.24 bits per heavy atom. The van der Waals surface area contributed by atoms with Crippen molar-refractivity contribution in [1.82, 2.24) is 5.32 Å². The lowest BCUT2D eigenvalue weighted by molar-refractivity contribution is 0.392. The second-order valence-electron chi connectivity index (χ2n) is 5.06. The van der Waals surface area contributed by atoms with Crippen LogP contribution in [0.2, 0.25) is 0 Å². The van der Waals surface area contributed by atoms with E-state index in [9.17, 15) is 0 Å². The van der Waals surface area contributed by atoms with Crippen molar-refractivity contribution >= 4 is 0 Å². The van der Waals surface area contributed by atoms with Crippen molar-refractivity contribution in [2.75, 3.05) is 14.2 Å². The number of hydrogen-bond acceptors (Lipinski definition) is 2. The van der Waals surface area contributed by atoms with Crippen molar-refractivity contribution < 1.29 is 4.74 Å². The molecule has 1 atom stereocenters. The van der Waals surface area contributed by atoms with Crippen LogP contribution in [-0.2, 0) is 0 Å². The second-order valence-corrected chi connectivity index (χ2v) is 5.06. The van der Waals surface area contributed by atoms with Crippen molar-refractivity contribution in [3.05, 3.63) is 29.3 Å². The monoisotopic (exact) mass is 235 g/mol. The third-order valence-electron chi connectivity index (χ3n) is 3.14. The summed E-state index contributed by atoms with van der Waals surface area (Å²) in [5, 5.41) is 3.40. The molecule has 0 bridgehead atoms. The van der Waals surface area contributed by atoms with Crippen LogP contribution < -0.4 is 10.1 Å². The van der Waals surface area contributed by atoms with Gasteiger partial charge in [-0.1, -0.05) is 31.5 Å². The first-order valence-electron chi connectivity index (χ1n) is 6.40. The van der Waals surface area contributed by atoms with E-state index in [1.54, 1.807) is 7.11 Å². The fraction of sp³-hybridized carbons (Fsp3) is 0.600. The SMILES string of the molecule is CNC(CCC(C)C)c1cc(C)ccc1OC. The molecule has 0 fully saturated rings. The van der Waals surface area contributed by atoms with Crippen LogP contribution in [-0.4, -0.2) is 14.2 Å². The number of methoxy groups -OCH3 is 1. The van der Waals surface area contributed by atoms with Crippen LogP contribution in [0.1, 0.15) is 43.9 Å². The Bertz CT molecular complexity index is 347. The Kier molecular flexibility index (Phi) is 5.49. The smallest absolute Gasteiger partial charge is 0.123 e. The van der Waals surface area contributed by atoms with Crippen LogP contribution in [0.15, 0.2) is 18.2 Å². The molecule has 0 heterocycles. The number of hydrogen-bond donors (Lipinski definition) is 1. The van der Waals surface area contributed by atoms with Gasteiger partial charge in [0.2, 0.25) is 0 Å². The summed E-state index contributed by atoms with van der Waals surface area (Å²) < 4.78 is 5.45. The third kappa shape index (κ3) is 4.04. The first-order valence-corrected chi connectivity index (χ1v) is 6.40. The van der Waals surface area contributed by atoms with E-state index in [0.717, 1.165) is 18.1 Å². The number of rotatable bonds is 6. The number of aryl methyl sites for hydroxylation is 1. The van der Waals surface area contributed by atoms with E-state index < -0.39 is 0 Å². The minimum atomic E-state index is 0.382. The Hall–Kier alpha value is -1.02. The Labute approximate surface area is 105 Å². The molecule has 0 radical (unpaired) electrons. The van der Waals surface area contributed by atoms with Gasteiger partial charge >= 0.3 is 0 Å². The summed E-state index contributed by atoms with van der Waals surface area (Å²) in [4.78, 5) is 0. The summed E-state index contributed by atoms with van der Waals surface area (Å²) in [6.07, 6.45) is 2.37. The summed E-state index contributed by atoms with van der Waals surface area (Å²) in [6, 6.07) is 6.76. The van der Waals surface area contributed by atoms with Gasteiger partial charge in [-0.3, -0.25) is 0 Å². The van der Waals surface area contributed by atoms with Crippen LogP contribution in [0, 0.1) is 12.8 Å². The highest BCUT2D eigenvalue weighted by Gasteiger charge is 2.14. The summed E-state index contributed by atoms with van der Waals surface area (Å²) in [6.45, 7) is 6.65. The van der Waals surface area contributed by atoms with Gasteiger partial charge in [-0.05, 0) is 38.8 Å². The number of nitrogens with one attached hydrogen (secondary N) is 1. The molecule has 17 heavy (non-hydrogen) atoms. The van der Waals surface area contributed by atoms with Gasteiger partial charge in [0.25, 0.3) is 0 Å². The van der Waals surface area contributed by atoms with E-state index in [-0.39, 0.29) is 0 Å². The summed E-state index contributed by atoms with van der Waals surface area (Å²) >= 11 is 0. The largest absolute Gasteiger partial charge is 0.496 e. The quantitative estimate of drug-likeness (QED) is 0.811. The topological polar surface area (TPSA) is 21.3 Å². The standard InChI is InChI=1S/C15H25NO/c1-11(2)6-8-14(16-4)13-10-12(3)7-9-15(13)17-5/h7,9-11,14,16H,6,8H2,1-5H3. The molecule has 0 aliphatic rings. The maximum absolute atomic E-state index is 5.45. The highest BCUT2D eigenvalue weighted by molar-refractivity contribution is 5.39. The van der Waals surface area contributed by atoms with Crippen LogP contribution in [0.5, 0.6) is 5.75 Å². The molecule has 0 spiro atoms. The molecule has 0 saturated heterocycles. The van der Waals surface area contributed by atoms with Crippen molar-refractivity contribution in [2.45, 2.75) is 39.7 Å². The maximum atomic E-state index is 5.45. The lowest BCUT2D eigenvalue weighted by atomic mass is 9.96. The van der Waals surface area contributed by atoms with E-state index in [2.05, 4.69) is 44.3 Å². The lowest BCUT2D eigenvalue weighted by Gasteiger charge is -2.20. The van der Waals surface area contributed by atoms with Gasteiger partial charge in [0.15, 0.2) is 0 Å². The Morgan fingerprint density at radius 2 is 1.94 bits per heavy atom. The molecule has 0 aliphatic carbocycles. The minimum Gasteiger partial charge on any atom is -0.496 e. The van der Waals surface area contributed by atoms with Crippen molar-refractivity contribution in [3.63, 3.8) is 0 Å². The summed E-state index contributed by atoms with van der Waals surface area (Å²) in [5.41, 5.74) is 2.56. The third-order valence-corrected chi connectivity index (χ3v) is 3.14. The van der Waals surface area contributed by atoms with E-state index >= 15 is 0 Å². The Morgan fingerprint density at radius 3 is 2.47 bits per heavy atom. The van der Waals surface area contributed by atoms with Gasteiger partial charge in [0.1, 0.15) is 5.75 Å². The van der Waals surface area contributed by atoms with Crippen molar-refractivity contribution in [1.29, 1.82) is 0 Å². The van der Waals surface area contributed by atoms with E-state index in [1.807, 2.05) is 7.05 Å². The van der Waals surface area contributed by atoms with Crippen LogP contribution in [0.4, 0.5) is 0 Å². The van der Waals surface area contributed by atoms with Gasteiger partial charge in [0.05, 0.1) is 7.11 Å². The Balaban J connectivity index is 2.89. The van der Waals surface area contributed by atoms with Gasteiger partial charge in [-0.2, -0.15) is 0 Å². The van der Waals surface area contributed by atoms with Crippen LogP contribution in [0.25, 0.3) is 0 Å². The highest BCUT2D eigenvalue weighted by Crippen LogP contribution is 2.29. The maximum Gasteiger partial charge on any atom is 0.123 e. The normalized spacial score (nSPS) is 12.8. The zero-order valence-electron chi connectivity index (χ0n) is 11.7. The molecule has 1 aromatic rings. The predicted octanol–water partition coefficient (Wildman–Crippen LogP) is 3.70. The predicted molar refractivity (Wildman–Crippen MR) is 73.6 cm³/mol. The molecule has 2 heteroatoms. The van der Waals surface area contributed by atoms with Crippen LogP contribution >= 0.6 is 0 Å². The molecule has 1 unspecified atom stereocenters. The summed E-state index contributed by atoms with van der Waals surface area (Å²) in [7, 11) is 3.76. The molecule has 0 aliphatic heterocycles. The van der Waals surface area contributed by atoms with Gasteiger partial charge in [0, 0.05) is 11.6 Å². The first kappa shape index (κ1) is 14.0. The molecule has 0 aromatic heterocycles. The number of benzene rings is 1. The molecule has 0 amide bonds. The zero-order chi connectivity index (χ0) is 12.8. The zero-order valence-corrected chi connectivity index (χ0v) is 11.7. The molecule has 1 rings (SSSR count). The van der Waals surface area contributed by atoms with E-state index in [0.29, 0.717) is 6.04 Å². The average Bonchev–Trinajstić information content (AvgIpc) is 2.30. The first-order chi connectivity index (χ1) is 8.08. The molecule has 0 saturated carbocycles. The highest BCUT2D eigenvalue weighted by atomic mass is 16.5. The van der Waals surface area contributed by atoms with Crippen LogP contribution in [0.3, 0.4) is 0 Å². The lowest BCUT2D eigenvalue weighted by Crippen LogP contribution is -2.18. The molecular formula is C15H25NO. The fourth-order valence-electron chi connectivity index (χ4n) is 2.08. The molecule has 1 aromatic carbocycles. The fourth-order valence-corrected chi connectivity index (χ4v) is 2.08. The van der Waals surface area contributed by atoms with Crippen molar-refractivity contribution in [2.24, 2.45) is 5.92 Å². The van der Waals surface area contributed by atoms with Gasteiger partial charge in [-0.25, -0.2) is 0 Å². The second kappa shape index (κ2) is 6.65. The van der Waals surface area contributed by atoms with Crippen molar-refractivity contribution in [3.8, 4) is 5.75 Å².